The Bertz CT molecular complexity index is 1250. The predicted octanol–water partition coefficient (Wildman–Crippen LogP) is 4.26. The molecule has 0 radical (unpaired) electrons. The van der Waals surface area contributed by atoms with Crippen LogP contribution in [0.3, 0.4) is 0 Å². The van der Waals surface area contributed by atoms with E-state index in [9.17, 15) is 14.9 Å². The zero-order valence-electron chi connectivity index (χ0n) is 20.3. The van der Waals surface area contributed by atoms with Crippen LogP contribution in [0.15, 0.2) is 54.6 Å². The van der Waals surface area contributed by atoms with E-state index < -0.39 is 4.92 Å². The number of carbonyl (C=O) groups is 1. The Balaban J connectivity index is 1.43. The number of non-ortho nitro benzene ring substituents is 1. The second-order valence-electron chi connectivity index (χ2n) is 8.82. The van der Waals surface area contributed by atoms with Gasteiger partial charge in [0.15, 0.2) is 0 Å². The Hall–Kier alpha value is -4.07. The van der Waals surface area contributed by atoms with E-state index in [4.69, 9.17) is 4.98 Å². The lowest BCUT2D eigenvalue weighted by atomic mass is 10.0. The molecule has 0 bridgehead atoms. The van der Waals surface area contributed by atoms with Crippen LogP contribution in [0, 0.1) is 30.9 Å². The molecule has 1 aliphatic heterocycles. The van der Waals surface area contributed by atoms with Crippen LogP contribution >= 0.6 is 0 Å². The zero-order chi connectivity index (χ0) is 24.9. The van der Waals surface area contributed by atoms with E-state index in [0.29, 0.717) is 26.2 Å². The van der Waals surface area contributed by atoms with Crippen molar-refractivity contribution in [3.8, 4) is 0 Å². The standard InChI is InChI=1S/C27H29N5O3/c1-19-4-6-23(7-5-19)18-25-20(2)28-21(3)29-27(25)31-16-14-30(15-17-31)26(33)13-10-22-8-11-24(12-9-22)32(34)35/h4-13H,14-18H2,1-3H3. The highest BCUT2D eigenvalue weighted by molar-refractivity contribution is 5.92. The van der Waals surface area contributed by atoms with Crippen LogP contribution in [0.4, 0.5) is 11.5 Å². The minimum absolute atomic E-state index is 0.0292. The number of rotatable bonds is 6. The van der Waals surface area contributed by atoms with Gasteiger partial charge in [0, 0.05) is 62.1 Å². The minimum Gasteiger partial charge on any atom is -0.353 e. The fraction of sp³-hybridized carbons (Fsp3) is 0.296. The largest absolute Gasteiger partial charge is 0.353 e. The van der Waals surface area contributed by atoms with Crippen molar-refractivity contribution in [3.63, 3.8) is 0 Å². The molecule has 0 aliphatic carbocycles. The zero-order valence-corrected chi connectivity index (χ0v) is 20.3. The summed E-state index contributed by atoms with van der Waals surface area (Å²) in [4.78, 5) is 36.5. The highest BCUT2D eigenvalue weighted by Crippen LogP contribution is 2.25. The molecule has 4 rings (SSSR count). The van der Waals surface area contributed by atoms with Gasteiger partial charge < -0.3 is 9.80 Å². The summed E-state index contributed by atoms with van der Waals surface area (Å²) in [6, 6.07) is 14.7. The molecule has 0 saturated carbocycles. The van der Waals surface area contributed by atoms with Crippen molar-refractivity contribution in [3.05, 3.63) is 98.5 Å². The molecule has 1 saturated heterocycles. The first-order valence-electron chi connectivity index (χ1n) is 11.7. The van der Waals surface area contributed by atoms with Crippen LogP contribution in [0.5, 0.6) is 0 Å². The van der Waals surface area contributed by atoms with E-state index in [0.717, 1.165) is 34.9 Å². The quantitative estimate of drug-likeness (QED) is 0.303. The minimum atomic E-state index is -0.440. The number of nitrogens with zero attached hydrogens (tertiary/aromatic N) is 5. The molecule has 0 atom stereocenters. The van der Waals surface area contributed by atoms with Gasteiger partial charge in [0.05, 0.1) is 4.92 Å². The highest BCUT2D eigenvalue weighted by atomic mass is 16.6. The third-order valence-corrected chi connectivity index (χ3v) is 6.22. The van der Waals surface area contributed by atoms with Gasteiger partial charge in [-0.2, -0.15) is 0 Å². The molecule has 8 nitrogen and oxygen atoms in total. The lowest BCUT2D eigenvalue weighted by molar-refractivity contribution is -0.384. The summed E-state index contributed by atoms with van der Waals surface area (Å²) in [7, 11) is 0. The number of anilines is 1. The molecule has 1 aliphatic rings. The molecule has 1 fully saturated rings. The van der Waals surface area contributed by atoms with Crippen molar-refractivity contribution in [2.45, 2.75) is 27.2 Å². The van der Waals surface area contributed by atoms with Gasteiger partial charge in [0.25, 0.3) is 5.69 Å². The summed E-state index contributed by atoms with van der Waals surface area (Å²) in [5, 5.41) is 10.8. The number of piperazine rings is 1. The smallest absolute Gasteiger partial charge is 0.269 e. The van der Waals surface area contributed by atoms with Gasteiger partial charge in [0.1, 0.15) is 11.6 Å². The average molecular weight is 472 g/mol. The van der Waals surface area contributed by atoms with Crippen molar-refractivity contribution in [2.24, 2.45) is 0 Å². The summed E-state index contributed by atoms with van der Waals surface area (Å²) >= 11 is 0. The average Bonchev–Trinajstić information content (AvgIpc) is 2.85. The molecule has 180 valence electrons. The number of aryl methyl sites for hydroxylation is 3. The summed E-state index contributed by atoms with van der Waals surface area (Å²) < 4.78 is 0. The second kappa shape index (κ2) is 10.5. The Morgan fingerprint density at radius 3 is 2.26 bits per heavy atom. The van der Waals surface area contributed by atoms with Gasteiger partial charge in [-0.15, -0.1) is 0 Å². The monoisotopic (exact) mass is 471 g/mol. The van der Waals surface area contributed by atoms with Crippen LogP contribution in [-0.4, -0.2) is 51.9 Å². The van der Waals surface area contributed by atoms with Gasteiger partial charge in [-0.25, -0.2) is 9.97 Å². The van der Waals surface area contributed by atoms with Crippen molar-refractivity contribution >= 4 is 23.5 Å². The number of nitro benzene ring substituents is 1. The van der Waals surface area contributed by atoms with Gasteiger partial charge in [0.2, 0.25) is 5.91 Å². The van der Waals surface area contributed by atoms with Gasteiger partial charge >= 0.3 is 0 Å². The first-order valence-corrected chi connectivity index (χ1v) is 11.7. The number of amides is 1. The Labute approximate surface area is 205 Å². The third kappa shape index (κ3) is 5.90. The maximum Gasteiger partial charge on any atom is 0.269 e. The molecule has 35 heavy (non-hydrogen) atoms. The van der Waals surface area contributed by atoms with Crippen LogP contribution in [-0.2, 0) is 11.2 Å². The summed E-state index contributed by atoms with van der Waals surface area (Å²) in [5.41, 5.74) is 5.33. The number of hydrogen-bond donors (Lipinski definition) is 0. The number of nitro groups is 1. The predicted molar refractivity (Wildman–Crippen MR) is 136 cm³/mol. The summed E-state index contributed by atoms with van der Waals surface area (Å²) in [6.45, 7) is 8.59. The molecule has 0 N–H and O–H groups in total. The summed E-state index contributed by atoms with van der Waals surface area (Å²) in [5.74, 6) is 1.62. The molecule has 2 aromatic carbocycles. The Morgan fingerprint density at radius 1 is 0.971 bits per heavy atom. The number of carbonyl (C=O) groups excluding carboxylic acids is 1. The number of benzene rings is 2. The lowest BCUT2D eigenvalue weighted by Gasteiger charge is -2.36. The molecule has 8 heteroatoms. The van der Waals surface area contributed by atoms with Gasteiger partial charge in [-0.05, 0) is 50.1 Å². The highest BCUT2D eigenvalue weighted by Gasteiger charge is 2.24. The maximum atomic E-state index is 12.7. The molecular weight excluding hydrogens is 442 g/mol. The van der Waals surface area contributed by atoms with Crippen molar-refractivity contribution in [1.29, 1.82) is 0 Å². The van der Waals surface area contributed by atoms with E-state index >= 15 is 0 Å². The molecule has 2 heterocycles. The fourth-order valence-corrected chi connectivity index (χ4v) is 4.22. The van der Waals surface area contributed by atoms with Gasteiger partial charge in [-0.3, -0.25) is 14.9 Å². The fourth-order valence-electron chi connectivity index (χ4n) is 4.22. The first kappa shape index (κ1) is 24.1. The maximum absolute atomic E-state index is 12.7. The van der Waals surface area contributed by atoms with E-state index in [2.05, 4.69) is 41.1 Å². The molecule has 1 aromatic heterocycles. The Morgan fingerprint density at radius 2 is 1.63 bits per heavy atom. The van der Waals surface area contributed by atoms with E-state index in [-0.39, 0.29) is 11.6 Å². The third-order valence-electron chi connectivity index (χ3n) is 6.22. The summed E-state index contributed by atoms with van der Waals surface area (Å²) in [6.07, 6.45) is 3.98. The van der Waals surface area contributed by atoms with Crippen molar-refractivity contribution < 1.29 is 9.72 Å². The Kier molecular flexibility index (Phi) is 7.19. The van der Waals surface area contributed by atoms with E-state index in [1.807, 2.05) is 18.7 Å². The number of hydrogen-bond acceptors (Lipinski definition) is 6. The van der Waals surface area contributed by atoms with Crippen LogP contribution in [0.1, 0.15) is 33.8 Å². The lowest BCUT2D eigenvalue weighted by Crippen LogP contribution is -2.49. The topological polar surface area (TPSA) is 92.5 Å². The van der Waals surface area contributed by atoms with Crippen molar-refractivity contribution in [2.75, 3.05) is 31.1 Å². The molecule has 1 amide bonds. The molecular formula is C27H29N5O3. The molecule has 0 spiro atoms. The second-order valence-corrected chi connectivity index (χ2v) is 8.82. The normalized spacial score (nSPS) is 13.9. The SMILES string of the molecule is Cc1ccc(Cc2c(C)nc(C)nc2N2CCN(C(=O)C=Cc3ccc([N+](=O)[O-])cc3)CC2)cc1. The number of aromatic nitrogens is 2. The molecule has 0 unspecified atom stereocenters. The van der Waals surface area contributed by atoms with Crippen LogP contribution in [0.2, 0.25) is 0 Å². The van der Waals surface area contributed by atoms with Crippen LogP contribution in [0.25, 0.3) is 6.08 Å². The molecule has 3 aromatic rings. The van der Waals surface area contributed by atoms with E-state index in [1.165, 1.54) is 29.3 Å². The van der Waals surface area contributed by atoms with E-state index in [1.54, 1.807) is 18.2 Å². The first-order chi connectivity index (χ1) is 16.8. The van der Waals surface area contributed by atoms with Crippen LogP contribution < -0.4 is 4.90 Å². The van der Waals surface area contributed by atoms with Gasteiger partial charge in [-0.1, -0.05) is 29.8 Å². The van der Waals surface area contributed by atoms with Crippen molar-refractivity contribution in [1.82, 2.24) is 14.9 Å².